The molecule has 30 heteroatoms. The van der Waals surface area contributed by atoms with Crippen LogP contribution in [0.4, 0.5) is 33.8 Å². The predicted molar refractivity (Wildman–Crippen MR) is 379 cm³/mol. The number of halogens is 12. The summed E-state index contributed by atoms with van der Waals surface area (Å²) in [5, 5.41) is 60.6. The molecular weight excluding hydrogens is 1690 g/mol. The third-order valence-corrected chi connectivity index (χ3v) is 17.5. The number of hydrogen-bond acceptors (Lipinski definition) is 12. The molecule has 8 aromatic carbocycles. The molecule has 0 unspecified atom stereocenters. The van der Waals surface area contributed by atoms with Crippen LogP contribution in [0.1, 0.15) is 137 Å². The summed E-state index contributed by atoms with van der Waals surface area (Å²) in [7, 11) is 0. The third kappa shape index (κ3) is 23.0. The van der Waals surface area contributed by atoms with Crippen LogP contribution in [0.2, 0.25) is 0 Å². The van der Waals surface area contributed by atoms with Gasteiger partial charge in [-0.3, -0.25) is 20.0 Å². The number of phenolic OH excluding ortho intramolecular Hbond substituents is 4. The standard InChI is InChI=1S/C70H64N4O6.2C2H6O.12FH.2Mn.2H2O.2Sb/c1-69(2)53-17-9-13-49-41-25-29-61(75)45(33-41)37-71-57-21-5-7-23-59(57)73-39-47-35-43(27-31-63(47)77)51-15-11-19-55-67(51)80-68-52(16-12-20-56(68)70(55,3)4)44-28-32-64(78)48(36-44)40-74-60-24-8-6-22-58(60)72-38-46-34-42(26-30-62(46)76)50-14-10-18-54(69)66(50)79-65(49)53;2*1-2-3;;;;;;;;;;;;;;;;;;/h9-20,25-40,57-60,75-78H,5-8,21-24H2,1-4H3;2*3H,2H2,1H3;12*1H;;;2*1H2;;/q;;;;;;;;;;;;;;;;;;;2*+5/p-12/t57-,58-,59-,60-;;;;;;;;;;;;;;;;;;;;/m1..................../s1. The molecule has 5 aliphatic rings. The van der Waals surface area contributed by atoms with Gasteiger partial charge in [0.15, 0.2) is 0 Å². The van der Waals surface area contributed by atoms with Crippen molar-refractivity contribution in [1.29, 1.82) is 0 Å². The van der Waals surface area contributed by atoms with E-state index in [9.17, 15) is 54.2 Å². The number of rotatable bonds is 0. The van der Waals surface area contributed by atoms with Crippen LogP contribution < -0.4 is 9.47 Å². The van der Waals surface area contributed by atoms with Crippen molar-refractivity contribution in [3.8, 4) is 90.5 Å². The smallest absolute Gasteiger partial charge is 0 e. The molecule has 2 saturated carbocycles. The van der Waals surface area contributed by atoms with E-state index in [2.05, 4.69) is 100 Å². The number of fused-ring (bicyclic) bond motifs is 14. The summed E-state index contributed by atoms with van der Waals surface area (Å²) >= 11 is -22.5. The zero-order chi connectivity index (χ0) is 73.1. The van der Waals surface area contributed by atoms with Crippen LogP contribution in [-0.4, -0.2) is 143 Å². The second-order valence-electron chi connectivity index (χ2n) is 25.8. The van der Waals surface area contributed by atoms with E-state index in [4.69, 9.17) is 39.7 Å². The minimum absolute atomic E-state index is 0. The van der Waals surface area contributed by atoms with Crippen LogP contribution >= 0.6 is 0 Å². The van der Waals surface area contributed by atoms with Crippen LogP contribution in [0, 0.1) is 0 Å². The van der Waals surface area contributed by atoms with E-state index in [-0.39, 0.29) is 105 Å². The van der Waals surface area contributed by atoms with Crippen LogP contribution in [0.25, 0.3) is 44.5 Å². The van der Waals surface area contributed by atoms with Crippen molar-refractivity contribution in [2.24, 2.45) is 20.0 Å². The maximum absolute atomic E-state index is 11.4. The van der Waals surface area contributed by atoms with Crippen LogP contribution in [-0.2, 0) is 45.0 Å². The molecule has 2 fully saturated rings. The molecule has 12 bridgehead atoms. The maximum Gasteiger partial charge on any atom is 0 e. The second kappa shape index (κ2) is 32.6. The number of nitrogens with zero attached hydrogens (tertiary/aromatic N) is 4. The summed E-state index contributed by atoms with van der Waals surface area (Å²) in [5.74, 6) is 3.46. The van der Waals surface area contributed by atoms with Crippen molar-refractivity contribution in [3.05, 3.63) is 190 Å². The van der Waals surface area contributed by atoms with Crippen LogP contribution in [0.3, 0.4) is 0 Å². The average Bonchev–Trinajstić information content (AvgIpc) is 0.733. The quantitative estimate of drug-likeness (QED) is 0.0627. The van der Waals surface area contributed by atoms with Crippen molar-refractivity contribution in [2.75, 3.05) is 13.2 Å². The average molecular weight is 1770 g/mol. The van der Waals surface area contributed by atoms with E-state index in [0.717, 1.165) is 141 Å². The molecular formula is C74H80F12Mn2N4O10Sb2-2. The Hall–Kier alpha value is -7.08. The fourth-order valence-electron chi connectivity index (χ4n) is 12.8. The van der Waals surface area contributed by atoms with E-state index in [1.165, 1.54) is 0 Å². The molecule has 0 amide bonds. The molecule has 4 atom stereocenters. The molecule has 0 spiro atoms. The number of aliphatic hydroxyl groups is 2. The molecule has 566 valence electrons. The Morgan fingerprint density at radius 3 is 0.721 bits per heavy atom. The van der Waals surface area contributed by atoms with Crippen molar-refractivity contribution in [2.45, 2.75) is 128 Å². The first-order valence-corrected chi connectivity index (χ1v) is 43.8. The Morgan fingerprint density at radius 1 is 0.356 bits per heavy atom. The van der Waals surface area contributed by atoms with Gasteiger partial charge in [-0.15, -0.1) is 0 Å². The molecule has 10 N–H and O–H groups in total. The topological polar surface area (TPSA) is 252 Å². The summed E-state index contributed by atoms with van der Waals surface area (Å²) in [5.41, 5.74) is 12.7. The monoisotopic (exact) mass is 1760 g/mol. The molecule has 104 heavy (non-hydrogen) atoms. The minimum Gasteiger partial charge on any atom is 0 e. The number of para-hydroxylation sites is 4. The molecule has 2 aliphatic carbocycles. The number of hydrogen-bond donors (Lipinski definition) is 6. The summed E-state index contributed by atoms with van der Waals surface area (Å²) in [6, 6.07) is 47.0. The van der Waals surface area contributed by atoms with E-state index in [1.54, 1.807) is 63.0 Å². The van der Waals surface area contributed by atoms with Gasteiger partial charge in [0.2, 0.25) is 0 Å². The Morgan fingerprint density at radius 2 is 0.538 bits per heavy atom. The molecule has 13 rings (SSSR count). The molecule has 0 saturated heterocycles. The number of aromatic hydroxyl groups is 4. The van der Waals surface area contributed by atoms with Crippen LogP contribution in [0.5, 0.6) is 46.0 Å². The van der Waals surface area contributed by atoms with Gasteiger partial charge in [0.1, 0.15) is 46.0 Å². The number of aliphatic hydroxyl groups excluding tert-OH is 2. The normalized spacial score (nSPS) is 19.0. The molecule has 14 nitrogen and oxygen atoms in total. The zero-order valence-corrected chi connectivity index (χ0v) is 64.5. The second-order valence-corrected chi connectivity index (χ2v) is 36.7. The Bertz CT molecular complexity index is 3960. The van der Waals surface area contributed by atoms with Crippen molar-refractivity contribution in [1.82, 2.24) is 0 Å². The van der Waals surface area contributed by atoms with Gasteiger partial charge in [-0.1, -0.05) is 150 Å². The van der Waals surface area contributed by atoms with Gasteiger partial charge in [0.05, 0.1) is 24.2 Å². The molecule has 3 aliphatic heterocycles. The molecule has 8 aromatic rings. The SMILES string of the molecule is CC1(C)c2cccc3c2Oc2c(cccc21)-c1ccc(O)c(c1)C=N[C@@H]1CCCC[C@H]1N=Cc1cc(ccc1O)-c1cccc2c1Oc1c(cccc1C2(C)C)-c1ccc(O)c(c1)C=N[C@@H]1CCCC[C@H]1N=Cc1cc-3ccc1O.CCO.CCO.O.O.[F][Sb-]([F])([F])([F])([F])[F].[F][Sb-]([F])([F])([F])([F])[F].[Mn].[Mn]. The van der Waals surface area contributed by atoms with Gasteiger partial charge in [-0.25, -0.2) is 0 Å². The van der Waals surface area contributed by atoms with Crippen molar-refractivity contribution in [3.63, 3.8) is 0 Å². The minimum atomic E-state index is -11.2. The van der Waals surface area contributed by atoms with E-state index < -0.39 is 49.8 Å². The van der Waals surface area contributed by atoms with Gasteiger partial charge < -0.3 is 51.1 Å². The Balaban J connectivity index is 0.000000719. The Labute approximate surface area is 619 Å². The number of phenols is 4. The van der Waals surface area contributed by atoms with Gasteiger partial charge in [-0.2, -0.15) is 0 Å². The summed E-state index contributed by atoms with van der Waals surface area (Å²) in [4.78, 5) is 20.6. The fourth-order valence-corrected chi connectivity index (χ4v) is 12.8. The molecule has 0 aromatic heterocycles. The molecule has 2 radical (unpaired) electrons. The largest absolute Gasteiger partial charge is 0 e. The first kappa shape index (κ1) is 87.5. The number of ether oxygens (including phenoxy) is 2. The zero-order valence-electron chi connectivity index (χ0n) is 57.0. The first-order valence-electron chi connectivity index (χ1n) is 32.2. The van der Waals surface area contributed by atoms with Gasteiger partial charge in [-0.05, 0) is 110 Å². The summed E-state index contributed by atoms with van der Waals surface area (Å²) in [6.45, 7) is 12.8. The van der Waals surface area contributed by atoms with Crippen molar-refractivity contribution < 1.29 is 119 Å². The van der Waals surface area contributed by atoms with Crippen molar-refractivity contribution >= 4 is 63.8 Å². The first-order chi connectivity index (χ1) is 46.5. The van der Waals surface area contributed by atoms with E-state index in [1.807, 2.05) is 48.5 Å². The Kier molecular flexibility index (Phi) is 27.4. The number of aliphatic imine (C=N–C) groups is 4. The predicted octanol–water partition coefficient (Wildman–Crippen LogP) is 18.7. The fraction of sp³-hybridized carbons (Fsp3) is 0.297. The maximum atomic E-state index is 11.4. The van der Waals surface area contributed by atoms with E-state index >= 15 is 0 Å². The van der Waals surface area contributed by atoms with Gasteiger partial charge in [0.25, 0.3) is 0 Å². The third-order valence-electron chi connectivity index (χ3n) is 17.5. The number of benzene rings is 8. The summed E-state index contributed by atoms with van der Waals surface area (Å²) in [6.07, 6.45) is 14.5. The summed E-state index contributed by atoms with van der Waals surface area (Å²) < 4.78 is 133. The van der Waals surface area contributed by atoms with E-state index in [0.29, 0.717) is 22.3 Å². The van der Waals surface area contributed by atoms with Gasteiger partial charge >= 0.3 is 72.7 Å². The van der Waals surface area contributed by atoms with Crippen LogP contribution in [0.15, 0.2) is 166 Å². The van der Waals surface area contributed by atoms with Gasteiger partial charge in [0, 0.05) is 150 Å². The molecule has 3 heterocycles.